The fourth-order valence-corrected chi connectivity index (χ4v) is 7.44. The van der Waals surface area contributed by atoms with Gasteiger partial charge in [0.25, 0.3) is 11.8 Å². The molecule has 2 unspecified atom stereocenters. The van der Waals surface area contributed by atoms with Crippen molar-refractivity contribution in [2.45, 2.75) is 70.6 Å². The average molecular weight is 873 g/mol. The number of carbonyl (C=O) groups excluding carboxylic acids is 5. The minimum Gasteiger partial charge on any atom is -0.494 e. The molecule has 5 aromatic rings. The molecule has 0 aliphatic carbocycles. The Balaban J connectivity index is 0.731. The predicted octanol–water partition coefficient (Wildman–Crippen LogP) is 4.75. The number of imide groups is 1. The highest BCUT2D eigenvalue weighted by Crippen LogP contribution is 2.32. The zero-order valence-corrected chi connectivity index (χ0v) is 35.9. The van der Waals surface area contributed by atoms with Crippen LogP contribution in [0.3, 0.4) is 0 Å². The van der Waals surface area contributed by atoms with E-state index in [0.29, 0.717) is 79.1 Å². The number of piperidine rings is 1. The molecule has 2 atom stereocenters. The van der Waals surface area contributed by atoms with Crippen molar-refractivity contribution >= 4 is 40.9 Å². The van der Waals surface area contributed by atoms with Crippen LogP contribution in [0.5, 0.6) is 5.75 Å². The minimum absolute atomic E-state index is 0.154. The molecule has 18 nitrogen and oxygen atoms in total. The van der Waals surface area contributed by atoms with Crippen LogP contribution >= 0.6 is 0 Å². The zero-order chi connectivity index (χ0) is 44.8. The van der Waals surface area contributed by atoms with Crippen LogP contribution in [0, 0.1) is 0 Å². The number of ether oxygens (including phenoxy) is 3. The maximum Gasteiger partial charge on any atom is 0.255 e. The molecule has 0 saturated carbocycles. The van der Waals surface area contributed by atoms with Gasteiger partial charge in [-0.25, -0.2) is 9.97 Å². The van der Waals surface area contributed by atoms with Gasteiger partial charge in [0.15, 0.2) is 11.6 Å². The first kappa shape index (κ1) is 45.0. The van der Waals surface area contributed by atoms with Crippen molar-refractivity contribution < 1.29 is 38.2 Å². The van der Waals surface area contributed by atoms with Crippen LogP contribution in [0.1, 0.15) is 89.2 Å². The summed E-state index contributed by atoms with van der Waals surface area (Å²) in [5, 5.41) is 20.1. The van der Waals surface area contributed by atoms with Crippen LogP contribution in [-0.4, -0.2) is 98.2 Å². The first-order valence-electron chi connectivity index (χ1n) is 21.4. The highest BCUT2D eigenvalue weighted by molar-refractivity contribution is 6.07. The van der Waals surface area contributed by atoms with Gasteiger partial charge in [-0.3, -0.25) is 29.3 Å². The average Bonchev–Trinajstić information content (AvgIpc) is 3.85. The number of unbranched alkanes of at least 4 members (excludes halogenated alkanes) is 2. The molecule has 3 aromatic carbocycles. The van der Waals surface area contributed by atoms with E-state index in [1.54, 1.807) is 42.6 Å². The van der Waals surface area contributed by atoms with Crippen molar-refractivity contribution in [1.29, 1.82) is 0 Å². The Labute approximate surface area is 370 Å². The quantitative estimate of drug-likeness (QED) is 0.0546. The first-order chi connectivity index (χ1) is 31.1. The summed E-state index contributed by atoms with van der Waals surface area (Å²) in [5.41, 5.74) is 4.46. The molecule has 18 heteroatoms. The normalized spacial score (nSPS) is 15.1. The lowest BCUT2D eigenvalue weighted by molar-refractivity contribution is -0.137. The summed E-state index contributed by atoms with van der Waals surface area (Å²) in [4.78, 5) is 72.5. The van der Waals surface area contributed by atoms with Crippen molar-refractivity contribution in [2.24, 2.45) is 7.05 Å². The molecular formula is C46H52N10O8. The third-order valence-corrected chi connectivity index (χ3v) is 10.9. The van der Waals surface area contributed by atoms with Crippen molar-refractivity contribution in [1.82, 2.24) is 40.3 Å². The molecule has 5 amide bonds. The van der Waals surface area contributed by atoms with E-state index >= 15 is 0 Å². The van der Waals surface area contributed by atoms with Crippen LogP contribution in [0.2, 0.25) is 0 Å². The molecule has 4 N–H and O–H groups in total. The van der Waals surface area contributed by atoms with Crippen LogP contribution in [-0.2, 0) is 44.0 Å². The highest BCUT2D eigenvalue weighted by atomic mass is 16.5. The maximum atomic E-state index is 13.2. The first-order valence-corrected chi connectivity index (χ1v) is 21.4. The van der Waals surface area contributed by atoms with E-state index in [9.17, 15) is 24.0 Å². The lowest BCUT2D eigenvalue weighted by Gasteiger charge is -2.29. The van der Waals surface area contributed by atoms with Gasteiger partial charge in [0.1, 0.15) is 30.4 Å². The maximum absolute atomic E-state index is 13.2. The fourth-order valence-electron chi connectivity index (χ4n) is 7.44. The predicted molar refractivity (Wildman–Crippen MR) is 235 cm³/mol. The van der Waals surface area contributed by atoms with E-state index in [0.717, 1.165) is 36.3 Å². The second-order valence-electron chi connectivity index (χ2n) is 15.5. The smallest absolute Gasteiger partial charge is 0.255 e. The molecule has 1 fully saturated rings. The number of carbonyl (C=O) groups is 5. The Morgan fingerprint density at radius 3 is 2.56 bits per heavy atom. The Morgan fingerprint density at radius 1 is 0.906 bits per heavy atom. The van der Waals surface area contributed by atoms with Gasteiger partial charge in [0.05, 0.1) is 19.2 Å². The number of nitrogens with zero attached hydrogens (tertiary/aromatic N) is 6. The number of benzene rings is 3. The van der Waals surface area contributed by atoms with Gasteiger partial charge in [-0.05, 0) is 93.1 Å². The molecule has 0 radical (unpaired) electrons. The summed E-state index contributed by atoms with van der Waals surface area (Å²) in [6, 6.07) is 20.9. The molecule has 4 heterocycles. The van der Waals surface area contributed by atoms with Crippen LogP contribution in [0.15, 0.2) is 85.3 Å². The molecule has 334 valence electrons. The summed E-state index contributed by atoms with van der Waals surface area (Å²) in [6.07, 6.45) is 6.86. The van der Waals surface area contributed by atoms with Gasteiger partial charge in [-0.15, -0.1) is 10.2 Å². The molecule has 0 spiro atoms. The fraction of sp³-hybridized carbons (Fsp3) is 0.370. The Bertz CT molecular complexity index is 2440. The minimum atomic E-state index is -0.730. The van der Waals surface area contributed by atoms with Gasteiger partial charge < -0.3 is 39.6 Å². The van der Waals surface area contributed by atoms with Gasteiger partial charge in [0.2, 0.25) is 17.7 Å². The van der Waals surface area contributed by atoms with E-state index in [2.05, 4.69) is 41.4 Å². The Hall–Kier alpha value is -7.05. The Morgan fingerprint density at radius 2 is 1.72 bits per heavy atom. The molecule has 1 saturated heterocycles. The number of nitrogens with one attached hydrogen (secondary N) is 4. The van der Waals surface area contributed by atoms with Crippen LogP contribution in [0.4, 0.5) is 11.4 Å². The van der Waals surface area contributed by atoms with Gasteiger partial charge in [0, 0.05) is 74.1 Å². The number of anilines is 2. The third-order valence-electron chi connectivity index (χ3n) is 10.9. The standard InChI is InChI=1S/C46H52N10O8/c1-30(50-44(59)32-11-6-12-33(24-32)48-26-40-53-54-43(55(40)2)38-18-19-47-29-49-38)31-10-7-13-34(25-31)64-23-5-3-4-20-62-21-9-22-63-28-42(58)51-37-15-8-14-35-36(37)27-56(46(35)61)39-16-17-41(57)52-45(39)60/h6-8,10-15,18-19,24-25,29-30,39,48H,3-5,9,16-17,20-23,26-28H2,1-2H3,(H,50,59)(H,51,58)(H,52,57,60). The number of hydrogen-bond donors (Lipinski definition) is 4. The SMILES string of the molecule is CC(NC(=O)c1cccc(NCc2nnc(-c3ccncn3)n2C)c1)c1cccc(OCCCCCOCCCOCC(=O)Nc2cccc3c2CN(C2CCC(=O)NC2=O)C3=O)c1. The lowest BCUT2D eigenvalue weighted by atomic mass is 10.0. The summed E-state index contributed by atoms with van der Waals surface area (Å²) >= 11 is 0. The number of hydrogen-bond acceptors (Lipinski definition) is 13. The Kier molecular flexibility index (Phi) is 15.4. The van der Waals surface area contributed by atoms with Crippen molar-refractivity contribution in [2.75, 3.05) is 43.7 Å². The summed E-state index contributed by atoms with van der Waals surface area (Å²) < 4.78 is 19.2. The van der Waals surface area contributed by atoms with Crippen molar-refractivity contribution in [3.8, 4) is 17.3 Å². The second kappa shape index (κ2) is 21.8. The molecule has 2 aliphatic heterocycles. The number of rotatable bonds is 22. The number of fused-ring (bicyclic) bond motifs is 1. The molecule has 2 aromatic heterocycles. The molecule has 0 bridgehead atoms. The molecule has 7 rings (SSSR count). The molecule has 64 heavy (non-hydrogen) atoms. The van der Waals surface area contributed by atoms with Gasteiger partial charge in [-0.2, -0.15) is 0 Å². The monoisotopic (exact) mass is 872 g/mol. The van der Waals surface area contributed by atoms with E-state index in [4.69, 9.17) is 14.2 Å². The summed E-state index contributed by atoms with van der Waals surface area (Å²) in [5.74, 6) is 0.405. The number of aromatic nitrogens is 5. The van der Waals surface area contributed by atoms with E-state index in [1.807, 2.05) is 54.9 Å². The van der Waals surface area contributed by atoms with Gasteiger partial charge >= 0.3 is 0 Å². The summed E-state index contributed by atoms with van der Waals surface area (Å²) in [6.45, 7) is 4.36. The van der Waals surface area contributed by atoms with Crippen molar-refractivity contribution in [3.05, 3.63) is 113 Å². The second-order valence-corrected chi connectivity index (χ2v) is 15.5. The van der Waals surface area contributed by atoms with E-state index in [1.165, 1.54) is 11.2 Å². The summed E-state index contributed by atoms with van der Waals surface area (Å²) in [7, 11) is 1.88. The van der Waals surface area contributed by atoms with Crippen LogP contribution in [0.25, 0.3) is 11.5 Å². The van der Waals surface area contributed by atoms with E-state index in [-0.39, 0.29) is 55.7 Å². The molecule has 2 aliphatic rings. The van der Waals surface area contributed by atoms with Crippen molar-refractivity contribution in [3.63, 3.8) is 0 Å². The van der Waals surface area contributed by atoms with Gasteiger partial charge in [-0.1, -0.05) is 24.3 Å². The topological polar surface area (TPSA) is 221 Å². The molecular weight excluding hydrogens is 821 g/mol. The van der Waals surface area contributed by atoms with Crippen LogP contribution < -0.4 is 26.0 Å². The number of amides is 5. The largest absolute Gasteiger partial charge is 0.494 e. The van der Waals surface area contributed by atoms with E-state index < -0.39 is 11.9 Å². The lowest BCUT2D eigenvalue weighted by Crippen LogP contribution is -2.52. The zero-order valence-electron chi connectivity index (χ0n) is 35.9. The third kappa shape index (κ3) is 11.7. The highest BCUT2D eigenvalue weighted by Gasteiger charge is 2.40.